The molecule has 0 aliphatic carbocycles. The van der Waals surface area contributed by atoms with Gasteiger partial charge in [0.15, 0.2) is 0 Å². The minimum atomic E-state index is -0.358. The van der Waals surface area contributed by atoms with Crippen molar-refractivity contribution in [3.05, 3.63) is 70.4 Å². The Bertz CT molecular complexity index is 902. The second-order valence-corrected chi connectivity index (χ2v) is 7.37. The minimum Gasteiger partial charge on any atom is -0.377 e. The molecule has 2 amide bonds. The van der Waals surface area contributed by atoms with Gasteiger partial charge in [-0.15, -0.1) is 0 Å². The number of carbonyl (C=O) groups excluding carboxylic acids is 2. The molecule has 2 aromatic rings. The molecule has 0 radical (unpaired) electrons. The van der Waals surface area contributed by atoms with Crippen LogP contribution in [-0.2, 0) is 14.3 Å². The van der Waals surface area contributed by atoms with Gasteiger partial charge in [-0.3, -0.25) is 14.5 Å². The van der Waals surface area contributed by atoms with E-state index in [0.29, 0.717) is 22.8 Å². The lowest BCUT2D eigenvalue weighted by Crippen LogP contribution is -2.35. The van der Waals surface area contributed by atoms with E-state index in [2.05, 4.69) is 5.32 Å². The van der Waals surface area contributed by atoms with Crippen molar-refractivity contribution in [2.24, 2.45) is 0 Å². The predicted molar refractivity (Wildman–Crippen MR) is 111 cm³/mol. The molecule has 0 aromatic heterocycles. The number of anilines is 1. The van der Waals surface area contributed by atoms with Gasteiger partial charge in [0.05, 0.1) is 24.8 Å². The third kappa shape index (κ3) is 4.43. The topological polar surface area (TPSA) is 58.6 Å². The quantitative estimate of drug-likeness (QED) is 0.708. The maximum absolute atomic E-state index is 13.1. The second kappa shape index (κ2) is 8.59. The van der Waals surface area contributed by atoms with E-state index in [1.165, 1.54) is 4.90 Å². The van der Waals surface area contributed by atoms with Gasteiger partial charge in [-0.1, -0.05) is 41.4 Å². The van der Waals surface area contributed by atoms with Crippen LogP contribution >= 0.6 is 11.6 Å². The van der Waals surface area contributed by atoms with Gasteiger partial charge in [0.25, 0.3) is 11.8 Å². The lowest BCUT2D eigenvalue weighted by molar-refractivity contribution is -0.137. The molecular weight excluding hydrogens is 376 g/mol. The predicted octanol–water partition coefficient (Wildman–Crippen LogP) is 4.27. The van der Waals surface area contributed by atoms with Crippen LogP contribution in [0.4, 0.5) is 5.69 Å². The standard InChI is InChI=1S/C22H23ClN2O3/c1-14(2)28-13-12-25-21(26)19(16-6-8-17(23)9-7-16)20(22(25)27)24-18-10-4-15(3)5-11-18/h4-11,14,24H,12-13H2,1-3H3. The number of nitrogens with one attached hydrogen (secondary N) is 1. The molecule has 28 heavy (non-hydrogen) atoms. The average Bonchev–Trinajstić information content (AvgIpc) is 2.88. The highest BCUT2D eigenvalue weighted by molar-refractivity contribution is 6.36. The van der Waals surface area contributed by atoms with Crippen LogP contribution in [0.1, 0.15) is 25.0 Å². The Morgan fingerprint density at radius 1 is 1.00 bits per heavy atom. The molecule has 0 bridgehead atoms. The summed E-state index contributed by atoms with van der Waals surface area (Å²) in [7, 11) is 0. The Balaban J connectivity index is 1.94. The van der Waals surface area contributed by atoms with E-state index in [0.717, 1.165) is 11.3 Å². The van der Waals surface area contributed by atoms with Crippen LogP contribution in [0.15, 0.2) is 54.2 Å². The lowest BCUT2D eigenvalue weighted by atomic mass is 10.0. The van der Waals surface area contributed by atoms with Gasteiger partial charge in [0.1, 0.15) is 5.70 Å². The summed E-state index contributed by atoms with van der Waals surface area (Å²) in [6.07, 6.45) is 0.0293. The van der Waals surface area contributed by atoms with Crippen LogP contribution in [0, 0.1) is 6.92 Å². The summed E-state index contributed by atoms with van der Waals surface area (Å²) in [6, 6.07) is 14.5. The molecule has 1 aliphatic heterocycles. The number of nitrogens with zero attached hydrogens (tertiary/aromatic N) is 1. The van der Waals surface area contributed by atoms with Crippen LogP contribution in [-0.4, -0.2) is 36.0 Å². The van der Waals surface area contributed by atoms with Gasteiger partial charge in [-0.05, 0) is 50.6 Å². The highest BCUT2D eigenvalue weighted by Crippen LogP contribution is 2.31. The normalized spacial score (nSPS) is 14.4. The van der Waals surface area contributed by atoms with Gasteiger partial charge in [0.2, 0.25) is 0 Å². The molecule has 1 heterocycles. The second-order valence-electron chi connectivity index (χ2n) is 6.93. The molecule has 3 rings (SSSR count). The van der Waals surface area contributed by atoms with Crippen LogP contribution in [0.2, 0.25) is 5.02 Å². The summed E-state index contributed by atoms with van der Waals surface area (Å²) in [5.41, 5.74) is 3.10. The van der Waals surface area contributed by atoms with Crippen LogP contribution in [0.3, 0.4) is 0 Å². The zero-order chi connectivity index (χ0) is 20.3. The van der Waals surface area contributed by atoms with Crippen molar-refractivity contribution < 1.29 is 14.3 Å². The monoisotopic (exact) mass is 398 g/mol. The van der Waals surface area contributed by atoms with E-state index in [9.17, 15) is 9.59 Å². The van der Waals surface area contributed by atoms with E-state index in [1.54, 1.807) is 24.3 Å². The number of carbonyl (C=O) groups is 2. The molecule has 2 aromatic carbocycles. The molecule has 5 nitrogen and oxygen atoms in total. The number of ether oxygens (including phenoxy) is 1. The van der Waals surface area contributed by atoms with Crippen LogP contribution in [0.5, 0.6) is 0 Å². The Hall–Kier alpha value is -2.63. The summed E-state index contributed by atoms with van der Waals surface area (Å²) in [4.78, 5) is 27.3. The van der Waals surface area contributed by atoms with Gasteiger partial charge >= 0.3 is 0 Å². The molecule has 0 saturated heterocycles. The summed E-state index contributed by atoms with van der Waals surface area (Å²) in [5, 5.41) is 3.70. The van der Waals surface area contributed by atoms with E-state index < -0.39 is 0 Å². The number of rotatable bonds is 7. The Morgan fingerprint density at radius 3 is 2.25 bits per heavy atom. The highest BCUT2D eigenvalue weighted by Gasteiger charge is 2.39. The third-order valence-corrected chi connectivity index (χ3v) is 4.64. The van der Waals surface area contributed by atoms with Crippen LogP contribution < -0.4 is 5.32 Å². The smallest absolute Gasteiger partial charge is 0.278 e. The van der Waals surface area contributed by atoms with Crippen molar-refractivity contribution in [1.29, 1.82) is 0 Å². The van der Waals surface area contributed by atoms with Gasteiger partial charge in [-0.2, -0.15) is 0 Å². The zero-order valence-corrected chi connectivity index (χ0v) is 16.9. The minimum absolute atomic E-state index is 0.0293. The molecule has 0 unspecified atom stereocenters. The van der Waals surface area contributed by atoms with Crippen molar-refractivity contribution in [3.8, 4) is 0 Å². The molecule has 1 N–H and O–H groups in total. The largest absolute Gasteiger partial charge is 0.377 e. The number of hydrogen-bond donors (Lipinski definition) is 1. The van der Waals surface area contributed by atoms with Crippen molar-refractivity contribution in [3.63, 3.8) is 0 Å². The first-order valence-corrected chi connectivity index (χ1v) is 9.56. The fourth-order valence-electron chi connectivity index (χ4n) is 2.94. The Kier molecular flexibility index (Phi) is 6.17. The van der Waals surface area contributed by atoms with E-state index in [1.807, 2.05) is 45.0 Å². The van der Waals surface area contributed by atoms with Gasteiger partial charge in [-0.25, -0.2) is 0 Å². The van der Waals surface area contributed by atoms with Crippen LogP contribution in [0.25, 0.3) is 5.57 Å². The third-order valence-electron chi connectivity index (χ3n) is 4.39. The van der Waals surface area contributed by atoms with Crippen molar-refractivity contribution in [1.82, 2.24) is 4.90 Å². The number of imide groups is 1. The highest BCUT2D eigenvalue weighted by atomic mass is 35.5. The maximum atomic E-state index is 13.1. The number of benzene rings is 2. The first kappa shape index (κ1) is 20.1. The van der Waals surface area contributed by atoms with Crippen molar-refractivity contribution in [2.75, 3.05) is 18.5 Å². The molecule has 146 valence electrons. The lowest BCUT2D eigenvalue weighted by Gasteiger charge is -2.16. The fourth-order valence-corrected chi connectivity index (χ4v) is 3.07. The zero-order valence-electron chi connectivity index (χ0n) is 16.2. The number of hydrogen-bond acceptors (Lipinski definition) is 4. The number of amides is 2. The summed E-state index contributed by atoms with van der Waals surface area (Å²) < 4.78 is 5.52. The first-order chi connectivity index (χ1) is 13.4. The van der Waals surface area contributed by atoms with Gasteiger partial charge in [0, 0.05) is 10.7 Å². The van der Waals surface area contributed by atoms with Gasteiger partial charge < -0.3 is 10.1 Å². The maximum Gasteiger partial charge on any atom is 0.278 e. The molecule has 0 saturated carbocycles. The molecule has 1 aliphatic rings. The number of halogens is 1. The molecule has 0 atom stereocenters. The number of aryl methyl sites for hydroxylation is 1. The summed E-state index contributed by atoms with van der Waals surface area (Å²) in [6.45, 7) is 6.31. The Labute approximate surface area is 169 Å². The molecular formula is C22H23ClN2O3. The molecule has 6 heteroatoms. The molecule has 0 spiro atoms. The van der Waals surface area contributed by atoms with Crippen molar-refractivity contribution in [2.45, 2.75) is 26.9 Å². The van der Waals surface area contributed by atoms with E-state index in [-0.39, 0.29) is 30.2 Å². The van der Waals surface area contributed by atoms with Crippen molar-refractivity contribution >= 4 is 34.7 Å². The SMILES string of the molecule is Cc1ccc(NC2=C(c3ccc(Cl)cc3)C(=O)N(CCOC(C)C)C2=O)cc1. The summed E-state index contributed by atoms with van der Waals surface area (Å²) >= 11 is 5.98. The summed E-state index contributed by atoms with van der Waals surface area (Å²) in [5.74, 6) is -0.697. The first-order valence-electron chi connectivity index (χ1n) is 9.18. The van der Waals surface area contributed by atoms with E-state index in [4.69, 9.17) is 16.3 Å². The Morgan fingerprint density at radius 2 is 1.64 bits per heavy atom. The van der Waals surface area contributed by atoms with E-state index >= 15 is 0 Å². The average molecular weight is 399 g/mol. The fraction of sp³-hybridized carbons (Fsp3) is 0.273. The molecule has 0 fully saturated rings.